The molecule has 0 aromatic carbocycles. The van der Waals surface area contributed by atoms with Crippen molar-refractivity contribution in [2.24, 2.45) is 5.92 Å². The van der Waals surface area contributed by atoms with Crippen LogP contribution in [0.2, 0.25) is 0 Å². The summed E-state index contributed by atoms with van der Waals surface area (Å²) in [6, 6.07) is 3.14. The fourth-order valence-electron chi connectivity index (χ4n) is 2.23. The summed E-state index contributed by atoms with van der Waals surface area (Å²) in [7, 11) is 0. The van der Waals surface area contributed by atoms with Crippen LogP contribution in [0.15, 0.2) is 22.8 Å². The van der Waals surface area contributed by atoms with Gasteiger partial charge >= 0.3 is 5.97 Å². The minimum Gasteiger partial charge on any atom is -0.481 e. The van der Waals surface area contributed by atoms with E-state index >= 15 is 0 Å². The van der Waals surface area contributed by atoms with Crippen molar-refractivity contribution in [3.63, 3.8) is 0 Å². The Kier molecular flexibility index (Phi) is 2.69. The summed E-state index contributed by atoms with van der Waals surface area (Å²) < 4.78 is 31.5. The Hall–Kier alpha value is -1.39. The summed E-state index contributed by atoms with van der Waals surface area (Å²) in [5.41, 5.74) is 0. The molecule has 1 saturated carbocycles. The molecule has 1 aromatic rings. The molecule has 1 N–H and O–H groups in total. The van der Waals surface area contributed by atoms with Gasteiger partial charge in [0.25, 0.3) is 0 Å². The van der Waals surface area contributed by atoms with Crippen LogP contribution in [0.5, 0.6) is 0 Å². The zero-order chi connectivity index (χ0) is 11.8. The maximum absolute atomic E-state index is 13.2. The topological polar surface area (TPSA) is 50.4 Å². The summed E-state index contributed by atoms with van der Waals surface area (Å²) in [6.45, 7) is 0. The van der Waals surface area contributed by atoms with E-state index in [0.717, 1.165) is 0 Å². The third kappa shape index (κ3) is 2.08. The quantitative estimate of drug-likeness (QED) is 0.849. The smallest absolute Gasteiger partial charge is 0.307 e. The summed E-state index contributed by atoms with van der Waals surface area (Å²) in [5.74, 6) is -4.98. The number of rotatable bonds is 2. The Morgan fingerprint density at radius 2 is 2.31 bits per heavy atom. The first-order valence-electron chi connectivity index (χ1n) is 5.14. The van der Waals surface area contributed by atoms with E-state index in [-0.39, 0.29) is 12.8 Å². The highest BCUT2D eigenvalue weighted by Gasteiger charge is 2.45. The van der Waals surface area contributed by atoms with Crippen molar-refractivity contribution in [2.45, 2.75) is 31.1 Å². The van der Waals surface area contributed by atoms with Gasteiger partial charge in [-0.1, -0.05) is 0 Å². The minimum atomic E-state index is -2.79. The van der Waals surface area contributed by atoms with Gasteiger partial charge in [-0.25, -0.2) is 8.78 Å². The highest BCUT2D eigenvalue weighted by atomic mass is 19.3. The molecule has 0 aliphatic heterocycles. The molecule has 0 saturated heterocycles. The molecule has 0 bridgehead atoms. The van der Waals surface area contributed by atoms with Crippen molar-refractivity contribution < 1.29 is 23.1 Å². The molecule has 1 heterocycles. The normalized spacial score (nSPS) is 28.9. The van der Waals surface area contributed by atoms with Crippen molar-refractivity contribution >= 4 is 5.97 Å². The second kappa shape index (κ2) is 3.88. The molecule has 1 fully saturated rings. The van der Waals surface area contributed by atoms with Gasteiger partial charge in [0.1, 0.15) is 5.76 Å². The Morgan fingerprint density at radius 3 is 2.88 bits per heavy atom. The number of carboxylic acids is 1. The molecule has 5 heteroatoms. The van der Waals surface area contributed by atoms with E-state index in [1.807, 2.05) is 0 Å². The molecule has 2 rings (SSSR count). The van der Waals surface area contributed by atoms with Gasteiger partial charge in [0.2, 0.25) is 5.92 Å². The molecule has 88 valence electrons. The van der Waals surface area contributed by atoms with E-state index in [1.165, 1.54) is 6.26 Å². The van der Waals surface area contributed by atoms with Crippen LogP contribution in [0.3, 0.4) is 0 Å². The van der Waals surface area contributed by atoms with Crippen LogP contribution in [0.25, 0.3) is 0 Å². The lowest BCUT2D eigenvalue weighted by Gasteiger charge is -2.32. The molecule has 1 aliphatic carbocycles. The van der Waals surface area contributed by atoms with Gasteiger partial charge in [-0.15, -0.1) is 0 Å². The van der Waals surface area contributed by atoms with Crippen molar-refractivity contribution in [1.82, 2.24) is 0 Å². The molecule has 3 nitrogen and oxygen atoms in total. The van der Waals surface area contributed by atoms with Crippen LogP contribution in [0, 0.1) is 5.92 Å². The van der Waals surface area contributed by atoms with E-state index in [4.69, 9.17) is 9.52 Å². The van der Waals surface area contributed by atoms with Gasteiger partial charge in [-0.3, -0.25) is 4.79 Å². The van der Waals surface area contributed by atoms with Crippen LogP contribution < -0.4 is 0 Å². The molecular formula is C11H12F2O3. The lowest BCUT2D eigenvalue weighted by Crippen LogP contribution is -2.34. The Bertz CT molecular complexity index is 373. The van der Waals surface area contributed by atoms with Crippen LogP contribution in [0.1, 0.15) is 30.9 Å². The number of furan rings is 1. The molecule has 1 aliphatic rings. The van der Waals surface area contributed by atoms with Gasteiger partial charge in [-0.05, 0) is 18.6 Å². The van der Waals surface area contributed by atoms with Crippen molar-refractivity contribution in [3.8, 4) is 0 Å². The summed E-state index contributed by atoms with van der Waals surface area (Å²) >= 11 is 0. The van der Waals surface area contributed by atoms with Crippen LogP contribution in [-0.4, -0.2) is 17.0 Å². The number of alkyl halides is 2. The van der Waals surface area contributed by atoms with E-state index in [1.54, 1.807) is 12.1 Å². The maximum atomic E-state index is 13.2. The highest BCUT2D eigenvalue weighted by molar-refractivity contribution is 5.71. The second-order valence-corrected chi connectivity index (χ2v) is 4.17. The molecular weight excluding hydrogens is 218 g/mol. The van der Waals surface area contributed by atoms with E-state index in [2.05, 4.69) is 0 Å². The van der Waals surface area contributed by atoms with Gasteiger partial charge in [-0.2, -0.15) is 0 Å². The fourth-order valence-corrected chi connectivity index (χ4v) is 2.23. The monoisotopic (exact) mass is 230 g/mol. The molecule has 16 heavy (non-hydrogen) atoms. The largest absolute Gasteiger partial charge is 0.481 e. The standard InChI is InChI=1S/C11H12F2O3/c12-11(13)4-3-7(10(14)15)8(6-11)9-2-1-5-16-9/h1-2,5,7-8H,3-4,6H2,(H,14,15)/t7-,8-/m0/s1. The van der Waals surface area contributed by atoms with Crippen molar-refractivity contribution in [1.29, 1.82) is 0 Å². The average Bonchev–Trinajstić information content (AvgIpc) is 2.68. The van der Waals surface area contributed by atoms with Crippen LogP contribution >= 0.6 is 0 Å². The summed E-state index contributed by atoms with van der Waals surface area (Å²) in [5, 5.41) is 8.99. The predicted octanol–water partition coefficient (Wildman–Crippen LogP) is 2.88. The predicted molar refractivity (Wildman–Crippen MR) is 51.4 cm³/mol. The lowest BCUT2D eigenvalue weighted by atomic mass is 9.76. The first kappa shape index (κ1) is 11.1. The van der Waals surface area contributed by atoms with Gasteiger partial charge < -0.3 is 9.52 Å². The zero-order valence-electron chi connectivity index (χ0n) is 8.53. The third-order valence-corrected chi connectivity index (χ3v) is 3.05. The number of hydrogen-bond donors (Lipinski definition) is 1. The molecule has 1 aromatic heterocycles. The third-order valence-electron chi connectivity index (χ3n) is 3.05. The van der Waals surface area contributed by atoms with Crippen LogP contribution in [0.4, 0.5) is 8.78 Å². The molecule has 2 atom stereocenters. The number of aliphatic carboxylic acids is 1. The van der Waals surface area contributed by atoms with E-state index in [9.17, 15) is 13.6 Å². The maximum Gasteiger partial charge on any atom is 0.307 e. The van der Waals surface area contributed by atoms with Crippen molar-refractivity contribution in [3.05, 3.63) is 24.2 Å². The van der Waals surface area contributed by atoms with Gasteiger partial charge in [0.05, 0.1) is 12.2 Å². The summed E-state index contributed by atoms with van der Waals surface area (Å²) in [4.78, 5) is 11.0. The first-order valence-corrected chi connectivity index (χ1v) is 5.14. The molecule has 0 amide bonds. The lowest BCUT2D eigenvalue weighted by molar-refractivity contribution is -0.147. The van der Waals surface area contributed by atoms with Crippen molar-refractivity contribution in [2.75, 3.05) is 0 Å². The second-order valence-electron chi connectivity index (χ2n) is 4.17. The number of hydrogen-bond acceptors (Lipinski definition) is 2. The first-order chi connectivity index (χ1) is 7.49. The Balaban J connectivity index is 2.25. The summed E-state index contributed by atoms with van der Waals surface area (Å²) in [6.07, 6.45) is 0.563. The van der Waals surface area contributed by atoms with E-state index < -0.39 is 30.1 Å². The fraction of sp³-hybridized carbons (Fsp3) is 0.545. The highest BCUT2D eigenvalue weighted by Crippen LogP contribution is 2.45. The Labute approximate surface area is 91.1 Å². The van der Waals surface area contributed by atoms with E-state index in [0.29, 0.717) is 5.76 Å². The molecule has 0 unspecified atom stereocenters. The molecule has 0 spiro atoms. The number of halogens is 2. The Morgan fingerprint density at radius 1 is 1.56 bits per heavy atom. The number of carboxylic acid groups (broad SMARTS) is 1. The molecule has 0 radical (unpaired) electrons. The zero-order valence-corrected chi connectivity index (χ0v) is 8.53. The van der Waals surface area contributed by atoms with Gasteiger partial charge in [0, 0.05) is 18.8 Å². The number of carbonyl (C=O) groups is 1. The average molecular weight is 230 g/mol. The SMILES string of the molecule is O=C(O)[C@H]1CCC(F)(F)C[C@@H]1c1ccco1. The minimum absolute atomic E-state index is 0.00625. The van der Waals surface area contributed by atoms with Gasteiger partial charge in [0.15, 0.2) is 0 Å². The van der Waals surface area contributed by atoms with Crippen LogP contribution in [-0.2, 0) is 4.79 Å².